The molecule has 0 saturated heterocycles. The summed E-state index contributed by atoms with van der Waals surface area (Å²) >= 11 is 1.41. The van der Waals surface area contributed by atoms with Gasteiger partial charge in [-0.2, -0.15) is 11.8 Å². The molecule has 24 heavy (non-hydrogen) atoms. The number of carbonyl (C=O) groups is 4. The van der Waals surface area contributed by atoms with Crippen LogP contribution < -0.4 is 10.6 Å². The van der Waals surface area contributed by atoms with E-state index in [2.05, 4.69) is 10.6 Å². The zero-order valence-electron chi connectivity index (χ0n) is 13.6. The van der Waals surface area contributed by atoms with Crippen LogP contribution in [0.25, 0.3) is 0 Å². The predicted molar refractivity (Wildman–Crippen MR) is 97.3 cm³/mol. The molecule has 138 valence electrons. The van der Waals surface area contributed by atoms with Crippen molar-refractivity contribution in [1.29, 1.82) is 0 Å². The second kappa shape index (κ2) is 12.3. The zero-order chi connectivity index (χ0) is 18.7. The molecule has 0 aliphatic heterocycles. The van der Waals surface area contributed by atoms with Gasteiger partial charge >= 0.3 is 11.9 Å². The third-order valence-electron chi connectivity index (χ3n) is 2.52. The summed E-state index contributed by atoms with van der Waals surface area (Å²) in [6, 6.07) is -1.86. The minimum atomic E-state index is -1.08. The van der Waals surface area contributed by atoms with Crippen molar-refractivity contribution >= 4 is 57.1 Å². The molecule has 0 spiro atoms. The van der Waals surface area contributed by atoms with Crippen molar-refractivity contribution in [3.63, 3.8) is 0 Å². The third kappa shape index (κ3) is 11.5. The quantitative estimate of drug-likeness (QED) is 0.276. The van der Waals surface area contributed by atoms with Gasteiger partial charge in [-0.05, 0) is 0 Å². The number of amides is 2. The van der Waals surface area contributed by atoms with Crippen molar-refractivity contribution in [2.45, 2.75) is 38.1 Å². The van der Waals surface area contributed by atoms with Gasteiger partial charge in [-0.25, -0.2) is 9.59 Å². The van der Waals surface area contributed by atoms with Crippen molar-refractivity contribution < 1.29 is 29.4 Å². The Balaban J connectivity index is 4.06. The van der Waals surface area contributed by atoms with Gasteiger partial charge in [-0.3, -0.25) is 9.59 Å². The first-order chi connectivity index (χ1) is 11.1. The molecule has 0 aromatic heterocycles. The Hall–Kier alpha value is -1.07. The fraction of sp³-hybridized carbons (Fsp3) is 0.692. The molecule has 2 amide bonds. The molecule has 11 heteroatoms. The molecular weight excluding hydrogens is 376 g/mol. The average molecular weight is 399 g/mol. The molecule has 8 nitrogen and oxygen atoms in total. The smallest absolute Gasteiger partial charge is 0.327 e. The molecule has 4 N–H and O–H groups in total. The summed E-state index contributed by atoms with van der Waals surface area (Å²) < 4.78 is 0. The predicted octanol–water partition coefficient (Wildman–Crippen LogP) is 0.668. The van der Waals surface area contributed by atoms with E-state index in [1.54, 1.807) is 0 Å². The van der Waals surface area contributed by atoms with Crippen molar-refractivity contribution in [2.24, 2.45) is 0 Å². The number of aliphatic carboxylic acids is 2. The van der Waals surface area contributed by atoms with Crippen LogP contribution in [0.15, 0.2) is 0 Å². The molecule has 0 aromatic carbocycles. The average Bonchev–Trinajstić information content (AvgIpc) is 2.45. The Labute approximate surface area is 152 Å². The summed E-state index contributed by atoms with van der Waals surface area (Å²) in [5.41, 5.74) is 0. The molecule has 0 bridgehead atoms. The van der Waals surface area contributed by atoms with E-state index < -0.39 is 35.8 Å². The number of thioether (sulfide) groups is 1. The topological polar surface area (TPSA) is 133 Å². The van der Waals surface area contributed by atoms with Crippen molar-refractivity contribution in [1.82, 2.24) is 10.6 Å². The second-order valence-electron chi connectivity index (χ2n) is 4.90. The minimum Gasteiger partial charge on any atom is -0.480 e. The largest absolute Gasteiger partial charge is 0.480 e. The van der Waals surface area contributed by atoms with E-state index in [0.717, 1.165) is 0 Å². The summed E-state index contributed by atoms with van der Waals surface area (Å²) in [5, 5.41) is 22.8. The number of rotatable bonds is 12. The van der Waals surface area contributed by atoms with E-state index in [1.807, 2.05) is 6.92 Å². The highest BCUT2D eigenvalue weighted by Crippen LogP contribution is 2.27. The van der Waals surface area contributed by atoms with Crippen molar-refractivity contribution in [3.05, 3.63) is 0 Å². The molecule has 3 atom stereocenters. The lowest BCUT2D eigenvalue weighted by Gasteiger charge is -2.16. The summed E-state index contributed by atoms with van der Waals surface area (Å²) in [7, 11) is 2.79. The number of nitrogens with one attached hydrogen (secondary N) is 2. The van der Waals surface area contributed by atoms with Crippen LogP contribution in [0.5, 0.6) is 0 Å². The van der Waals surface area contributed by atoms with E-state index in [4.69, 9.17) is 10.2 Å². The SMILES string of the molecule is CC(=O)NC(CSSCC(C)SC[C@H](NC(C)=O)C(=O)O)C(=O)O. The van der Waals surface area contributed by atoms with Crippen molar-refractivity contribution in [3.8, 4) is 0 Å². The molecule has 0 rings (SSSR count). The van der Waals surface area contributed by atoms with Gasteiger partial charge in [0, 0.05) is 36.4 Å². The number of carbonyl (C=O) groups excluding carboxylic acids is 2. The highest BCUT2D eigenvalue weighted by Gasteiger charge is 2.20. The molecule has 0 heterocycles. The Kier molecular flexibility index (Phi) is 11.8. The van der Waals surface area contributed by atoms with Crippen LogP contribution in [0.1, 0.15) is 20.8 Å². The number of hydrogen-bond acceptors (Lipinski definition) is 7. The molecule has 0 aliphatic rings. The fourth-order valence-electron chi connectivity index (χ4n) is 1.41. The lowest BCUT2D eigenvalue weighted by atomic mass is 10.3. The van der Waals surface area contributed by atoms with Gasteiger partial charge in [0.05, 0.1) is 0 Å². The van der Waals surface area contributed by atoms with Crippen LogP contribution in [-0.4, -0.2) is 68.6 Å². The van der Waals surface area contributed by atoms with Crippen LogP contribution in [0.3, 0.4) is 0 Å². The molecule has 2 unspecified atom stereocenters. The van der Waals surface area contributed by atoms with Gasteiger partial charge in [0.25, 0.3) is 0 Å². The molecule has 0 fully saturated rings. The highest BCUT2D eigenvalue weighted by molar-refractivity contribution is 8.76. The maximum absolute atomic E-state index is 11.0. The number of carboxylic acids is 2. The van der Waals surface area contributed by atoms with Gasteiger partial charge in [-0.15, -0.1) is 0 Å². The van der Waals surface area contributed by atoms with E-state index in [9.17, 15) is 19.2 Å². The third-order valence-corrected chi connectivity index (χ3v) is 6.58. The van der Waals surface area contributed by atoms with Gasteiger partial charge in [0.1, 0.15) is 12.1 Å². The highest BCUT2D eigenvalue weighted by atomic mass is 33.1. The Morgan fingerprint density at radius 2 is 1.25 bits per heavy atom. The molecule has 0 aromatic rings. The monoisotopic (exact) mass is 398 g/mol. The fourth-order valence-corrected chi connectivity index (χ4v) is 5.35. The van der Waals surface area contributed by atoms with Crippen LogP contribution in [0, 0.1) is 0 Å². The second-order valence-corrected chi connectivity index (χ2v) is 8.92. The summed E-state index contributed by atoms with van der Waals surface area (Å²) in [4.78, 5) is 43.8. The Bertz CT molecular complexity index is 463. The standard InChI is InChI=1S/C13H22N2O6S3/c1-7(22-5-10(12(18)19)14-8(2)16)4-23-24-6-11(13(20)21)15-9(3)17/h7,10-11H,4-6H2,1-3H3,(H,14,16)(H,15,17)(H,18,19)(H,20,21)/t7?,10-,11?/m0/s1. The number of carboxylic acid groups (broad SMARTS) is 2. The lowest BCUT2D eigenvalue weighted by Crippen LogP contribution is -2.41. The molecule has 0 saturated carbocycles. The first kappa shape index (κ1) is 22.9. The van der Waals surface area contributed by atoms with Crippen molar-refractivity contribution in [2.75, 3.05) is 17.3 Å². The maximum Gasteiger partial charge on any atom is 0.327 e. The summed E-state index contributed by atoms with van der Waals surface area (Å²) in [6.07, 6.45) is 0. The normalized spacial score (nSPS) is 14.3. The Morgan fingerprint density at radius 1 is 0.833 bits per heavy atom. The Morgan fingerprint density at radius 3 is 1.67 bits per heavy atom. The van der Waals surface area contributed by atoms with Gasteiger partial charge in [-0.1, -0.05) is 28.5 Å². The lowest BCUT2D eigenvalue weighted by molar-refractivity contribution is -0.141. The first-order valence-electron chi connectivity index (χ1n) is 6.99. The van der Waals surface area contributed by atoms with Crippen LogP contribution in [0.2, 0.25) is 0 Å². The van der Waals surface area contributed by atoms with E-state index in [-0.39, 0.29) is 16.8 Å². The van der Waals surface area contributed by atoms with Gasteiger partial charge in [0.15, 0.2) is 0 Å². The van der Waals surface area contributed by atoms with Gasteiger partial charge < -0.3 is 20.8 Å². The van der Waals surface area contributed by atoms with E-state index >= 15 is 0 Å². The van der Waals surface area contributed by atoms with Crippen LogP contribution in [-0.2, 0) is 19.2 Å². The molecular formula is C13H22N2O6S3. The molecule has 0 radical (unpaired) electrons. The maximum atomic E-state index is 11.0. The zero-order valence-corrected chi connectivity index (χ0v) is 16.1. The van der Waals surface area contributed by atoms with E-state index in [1.165, 1.54) is 47.2 Å². The molecule has 0 aliphatic carbocycles. The van der Waals surface area contributed by atoms with Crippen LogP contribution >= 0.6 is 33.3 Å². The minimum absolute atomic E-state index is 0.127. The summed E-state index contributed by atoms with van der Waals surface area (Å²) in [6.45, 7) is 4.46. The van der Waals surface area contributed by atoms with E-state index in [0.29, 0.717) is 5.75 Å². The van der Waals surface area contributed by atoms with Gasteiger partial charge in [0.2, 0.25) is 11.8 Å². The first-order valence-corrected chi connectivity index (χ1v) is 10.5. The van der Waals surface area contributed by atoms with Crippen LogP contribution in [0.4, 0.5) is 0 Å². The summed E-state index contributed by atoms with van der Waals surface area (Å²) in [5.74, 6) is -1.78. The number of hydrogen-bond donors (Lipinski definition) is 4.